The normalized spacial score (nSPS) is 19.2. The molecule has 0 aromatic heterocycles. The highest BCUT2D eigenvalue weighted by Crippen LogP contribution is 2.40. The molecule has 5 heteroatoms. The molecule has 17 heavy (non-hydrogen) atoms. The first-order valence-corrected chi connectivity index (χ1v) is 5.41. The van der Waals surface area contributed by atoms with E-state index in [-0.39, 0.29) is 5.56 Å². The fourth-order valence-electron chi connectivity index (χ4n) is 2.22. The van der Waals surface area contributed by atoms with Crippen LogP contribution in [0.3, 0.4) is 0 Å². The third kappa shape index (κ3) is 2.00. The van der Waals surface area contributed by atoms with Crippen LogP contribution in [0.1, 0.15) is 18.4 Å². The fraction of sp³-hybridized carbons (Fsp3) is 0.500. The van der Waals surface area contributed by atoms with Gasteiger partial charge in [-0.2, -0.15) is 0 Å². The quantitative estimate of drug-likeness (QED) is 0.867. The minimum absolute atomic E-state index is 0.205. The maximum Gasteiger partial charge on any atom is 0.173 e. The van der Waals surface area contributed by atoms with E-state index in [0.29, 0.717) is 26.1 Å². The summed E-state index contributed by atoms with van der Waals surface area (Å²) in [4.78, 5) is 0. The number of phenols is 1. The molecule has 0 atom stereocenters. The lowest BCUT2D eigenvalue weighted by atomic mass is 9.85. The fourth-order valence-corrected chi connectivity index (χ4v) is 2.22. The summed E-state index contributed by atoms with van der Waals surface area (Å²) in [5.41, 5.74) is -1.26. The molecule has 0 spiro atoms. The van der Waals surface area contributed by atoms with Gasteiger partial charge in [-0.15, -0.1) is 0 Å². The second-order valence-electron chi connectivity index (χ2n) is 4.07. The topological polar surface area (TPSA) is 38.7 Å². The highest BCUT2D eigenvalue weighted by Gasteiger charge is 2.40. The first-order chi connectivity index (χ1) is 8.10. The molecule has 0 aliphatic carbocycles. The van der Waals surface area contributed by atoms with Gasteiger partial charge in [-0.1, -0.05) is 0 Å². The van der Waals surface area contributed by atoms with Crippen molar-refractivity contribution in [2.75, 3.05) is 20.3 Å². The van der Waals surface area contributed by atoms with Crippen molar-refractivity contribution in [3.8, 4) is 5.75 Å². The Morgan fingerprint density at radius 3 is 2.53 bits per heavy atom. The highest BCUT2D eigenvalue weighted by atomic mass is 19.1. The van der Waals surface area contributed by atoms with Gasteiger partial charge in [0, 0.05) is 33.2 Å². The lowest BCUT2D eigenvalue weighted by Crippen LogP contribution is -2.37. The summed E-state index contributed by atoms with van der Waals surface area (Å²) in [7, 11) is 1.41. The number of halogens is 2. The van der Waals surface area contributed by atoms with Crippen LogP contribution in [0.15, 0.2) is 12.1 Å². The second kappa shape index (κ2) is 4.58. The standard InChI is InChI=1S/C12H14F2O3/c1-16-12(4-6-17-7-5-12)10-8(13)2-3-9(15)11(10)14/h2-3,15H,4-7H2,1H3. The van der Waals surface area contributed by atoms with Crippen LogP contribution in [-0.2, 0) is 15.1 Å². The first-order valence-electron chi connectivity index (χ1n) is 5.41. The number of aromatic hydroxyl groups is 1. The Balaban J connectivity index is 2.53. The van der Waals surface area contributed by atoms with Gasteiger partial charge < -0.3 is 14.6 Å². The van der Waals surface area contributed by atoms with Crippen molar-refractivity contribution in [3.63, 3.8) is 0 Å². The molecule has 1 aliphatic rings. The second-order valence-corrected chi connectivity index (χ2v) is 4.07. The average molecular weight is 244 g/mol. The number of rotatable bonds is 2. The van der Waals surface area contributed by atoms with Crippen LogP contribution in [-0.4, -0.2) is 25.4 Å². The maximum atomic E-state index is 13.9. The molecular weight excluding hydrogens is 230 g/mol. The van der Waals surface area contributed by atoms with Gasteiger partial charge in [0.15, 0.2) is 11.6 Å². The summed E-state index contributed by atoms with van der Waals surface area (Å²) >= 11 is 0. The molecular formula is C12H14F2O3. The third-order valence-electron chi connectivity index (χ3n) is 3.22. The first kappa shape index (κ1) is 12.3. The van der Waals surface area contributed by atoms with E-state index in [1.54, 1.807) is 0 Å². The van der Waals surface area contributed by atoms with E-state index >= 15 is 0 Å². The highest BCUT2D eigenvalue weighted by molar-refractivity contribution is 5.35. The number of benzene rings is 1. The maximum absolute atomic E-state index is 13.9. The molecule has 1 aromatic rings. The molecule has 1 aromatic carbocycles. The monoisotopic (exact) mass is 244 g/mol. The molecule has 0 saturated carbocycles. The summed E-state index contributed by atoms with van der Waals surface area (Å²) in [6.45, 7) is 0.755. The van der Waals surface area contributed by atoms with E-state index in [9.17, 15) is 13.9 Å². The van der Waals surface area contributed by atoms with Gasteiger partial charge >= 0.3 is 0 Å². The Morgan fingerprint density at radius 1 is 1.29 bits per heavy atom. The van der Waals surface area contributed by atoms with Gasteiger partial charge in [-0.05, 0) is 12.1 Å². The number of hydrogen-bond acceptors (Lipinski definition) is 3. The Bertz CT molecular complexity index is 414. The van der Waals surface area contributed by atoms with Crippen molar-refractivity contribution >= 4 is 0 Å². The van der Waals surface area contributed by atoms with Crippen LogP contribution >= 0.6 is 0 Å². The Labute approximate surface area is 98.0 Å². The van der Waals surface area contributed by atoms with Crippen molar-refractivity contribution in [3.05, 3.63) is 29.3 Å². The summed E-state index contributed by atoms with van der Waals surface area (Å²) in [6.07, 6.45) is 0.724. The van der Waals surface area contributed by atoms with Gasteiger partial charge in [-0.3, -0.25) is 0 Å². The molecule has 3 nitrogen and oxygen atoms in total. The summed E-state index contributed by atoms with van der Waals surface area (Å²) in [5, 5.41) is 9.34. The molecule has 1 aliphatic heterocycles. The van der Waals surface area contributed by atoms with Gasteiger partial charge in [0.05, 0.1) is 5.56 Å². The molecule has 1 saturated heterocycles. The van der Waals surface area contributed by atoms with Crippen LogP contribution in [0.4, 0.5) is 8.78 Å². The molecule has 1 heterocycles. The van der Waals surface area contributed by atoms with Crippen molar-refractivity contribution in [2.45, 2.75) is 18.4 Å². The largest absolute Gasteiger partial charge is 0.505 e. The van der Waals surface area contributed by atoms with Crippen LogP contribution < -0.4 is 0 Å². The molecule has 94 valence electrons. The zero-order valence-electron chi connectivity index (χ0n) is 9.50. The minimum atomic E-state index is -1.05. The van der Waals surface area contributed by atoms with E-state index in [0.717, 1.165) is 12.1 Å². The van der Waals surface area contributed by atoms with E-state index < -0.39 is 23.0 Å². The van der Waals surface area contributed by atoms with Crippen molar-refractivity contribution in [1.29, 1.82) is 0 Å². The Morgan fingerprint density at radius 2 is 1.94 bits per heavy atom. The summed E-state index contributed by atoms with van der Waals surface area (Å²) in [6, 6.07) is 2.04. The number of ether oxygens (including phenoxy) is 2. The van der Waals surface area contributed by atoms with E-state index in [1.807, 2.05) is 0 Å². The number of methoxy groups -OCH3 is 1. The number of hydrogen-bond donors (Lipinski definition) is 1. The molecule has 0 radical (unpaired) electrons. The van der Waals surface area contributed by atoms with Crippen LogP contribution in [0.2, 0.25) is 0 Å². The smallest absolute Gasteiger partial charge is 0.173 e. The Hall–Kier alpha value is -1.20. The third-order valence-corrected chi connectivity index (χ3v) is 3.22. The Kier molecular flexibility index (Phi) is 3.31. The van der Waals surface area contributed by atoms with E-state index in [1.165, 1.54) is 7.11 Å². The van der Waals surface area contributed by atoms with Crippen LogP contribution in [0, 0.1) is 11.6 Å². The van der Waals surface area contributed by atoms with Gasteiger partial charge in [0.1, 0.15) is 11.4 Å². The predicted octanol–water partition coefficient (Wildman–Crippen LogP) is 2.32. The lowest BCUT2D eigenvalue weighted by molar-refractivity contribution is -0.0985. The van der Waals surface area contributed by atoms with Gasteiger partial charge in [0.25, 0.3) is 0 Å². The van der Waals surface area contributed by atoms with E-state index in [2.05, 4.69) is 0 Å². The minimum Gasteiger partial charge on any atom is -0.505 e. The molecule has 0 bridgehead atoms. The summed E-state index contributed by atoms with van der Waals surface area (Å²) in [5.74, 6) is -2.22. The van der Waals surface area contributed by atoms with Crippen molar-refractivity contribution in [2.24, 2.45) is 0 Å². The van der Waals surface area contributed by atoms with Gasteiger partial charge in [-0.25, -0.2) is 8.78 Å². The molecule has 1 fully saturated rings. The average Bonchev–Trinajstić information content (AvgIpc) is 2.35. The molecule has 0 unspecified atom stereocenters. The lowest BCUT2D eigenvalue weighted by Gasteiger charge is -2.36. The number of phenolic OH excluding ortho intramolecular Hbond substituents is 1. The predicted molar refractivity (Wildman–Crippen MR) is 56.8 cm³/mol. The SMILES string of the molecule is COC1(c2c(F)ccc(O)c2F)CCOCC1. The molecule has 0 amide bonds. The van der Waals surface area contributed by atoms with Crippen LogP contribution in [0.5, 0.6) is 5.75 Å². The molecule has 1 N–H and O–H groups in total. The van der Waals surface area contributed by atoms with Gasteiger partial charge in [0.2, 0.25) is 0 Å². The summed E-state index contributed by atoms with van der Waals surface area (Å²) < 4.78 is 38.1. The van der Waals surface area contributed by atoms with Crippen LogP contribution in [0.25, 0.3) is 0 Å². The zero-order chi connectivity index (χ0) is 12.5. The van der Waals surface area contributed by atoms with Crippen molar-refractivity contribution in [1.82, 2.24) is 0 Å². The van der Waals surface area contributed by atoms with E-state index in [4.69, 9.17) is 9.47 Å². The zero-order valence-corrected chi connectivity index (χ0v) is 9.50. The molecule has 2 rings (SSSR count). The van der Waals surface area contributed by atoms with Crippen molar-refractivity contribution < 1.29 is 23.4 Å².